The summed E-state index contributed by atoms with van der Waals surface area (Å²) >= 11 is 0. The third-order valence-electron chi connectivity index (χ3n) is 2.90. The van der Waals surface area contributed by atoms with E-state index >= 15 is 0 Å². The van der Waals surface area contributed by atoms with Gasteiger partial charge in [0.1, 0.15) is 11.5 Å². The SMILES string of the molecule is CCOc1ccc(N)c(S(=O)(=O)Cc2cccc(O)c2)c1. The van der Waals surface area contributed by atoms with Gasteiger partial charge in [-0.1, -0.05) is 12.1 Å². The highest BCUT2D eigenvalue weighted by atomic mass is 32.2. The fourth-order valence-corrected chi connectivity index (χ4v) is 3.48. The van der Waals surface area contributed by atoms with Crippen LogP contribution in [0, 0.1) is 0 Å². The lowest BCUT2D eigenvalue weighted by Gasteiger charge is -2.10. The number of aromatic hydroxyl groups is 1. The molecule has 0 aromatic heterocycles. The minimum atomic E-state index is -3.62. The van der Waals surface area contributed by atoms with Crippen LogP contribution in [-0.4, -0.2) is 20.1 Å². The molecule has 2 rings (SSSR count). The Morgan fingerprint density at radius 3 is 2.62 bits per heavy atom. The Labute approximate surface area is 123 Å². The fraction of sp³-hybridized carbons (Fsp3) is 0.200. The Hall–Kier alpha value is -2.21. The van der Waals surface area contributed by atoms with E-state index in [0.717, 1.165) is 0 Å². The van der Waals surface area contributed by atoms with E-state index in [4.69, 9.17) is 10.5 Å². The lowest BCUT2D eigenvalue weighted by molar-refractivity contribution is 0.339. The number of hydrogen-bond donors (Lipinski definition) is 2. The van der Waals surface area contributed by atoms with Crippen molar-refractivity contribution in [2.45, 2.75) is 17.6 Å². The summed E-state index contributed by atoms with van der Waals surface area (Å²) in [6.07, 6.45) is 0. The number of nitrogen functional groups attached to an aromatic ring is 1. The molecule has 0 saturated carbocycles. The summed E-state index contributed by atoms with van der Waals surface area (Å²) in [6, 6.07) is 10.7. The van der Waals surface area contributed by atoms with Crippen LogP contribution in [-0.2, 0) is 15.6 Å². The van der Waals surface area contributed by atoms with Crippen molar-refractivity contribution in [2.24, 2.45) is 0 Å². The van der Waals surface area contributed by atoms with E-state index in [1.807, 2.05) is 6.92 Å². The molecule has 3 N–H and O–H groups in total. The first-order valence-electron chi connectivity index (χ1n) is 6.45. The van der Waals surface area contributed by atoms with Crippen molar-refractivity contribution >= 4 is 15.5 Å². The Kier molecular flexibility index (Phi) is 4.37. The smallest absolute Gasteiger partial charge is 0.184 e. The van der Waals surface area contributed by atoms with Gasteiger partial charge in [-0.15, -0.1) is 0 Å². The van der Waals surface area contributed by atoms with Gasteiger partial charge in [-0.05, 0) is 36.8 Å². The van der Waals surface area contributed by atoms with Crippen LogP contribution in [0.3, 0.4) is 0 Å². The van der Waals surface area contributed by atoms with Gasteiger partial charge in [0.15, 0.2) is 9.84 Å². The monoisotopic (exact) mass is 307 g/mol. The van der Waals surface area contributed by atoms with Crippen LogP contribution in [0.4, 0.5) is 5.69 Å². The molecule has 0 aliphatic carbocycles. The number of nitrogens with two attached hydrogens (primary N) is 1. The first-order chi connectivity index (χ1) is 9.92. The maximum absolute atomic E-state index is 12.5. The Morgan fingerprint density at radius 2 is 1.95 bits per heavy atom. The Balaban J connectivity index is 2.37. The van der Waals surface area contributed by atoms with E-state index < -0.39 is 9.84 Å². The summed E-state index contributed by atoms with van der Waals surface area (Å²) in [5, 5.41) is 9.41. The van der Waals surface area contributed by atoms with Crippen molar-refractivity contribution in [2.75, 3.05) is 12.3 Å². The molecular weight excluding hydrogens is 290 g/mol. The fourth-order valence-electron chi connectivity index (χ4n) is 1.98. The van der Waals surface area contributed by atoms with E-state index in [-0.39, 0.29) is 22.1 Å². The van der Waals surface area contributed by atoms with Crippen molar-refractivity contribution < 1.29 is 18.3 Å². The highest BCUT2D eigenvalue weighted by Gasteiger charge is 2.19. The van der Waals surface area contributed by atoms with Crippen molar-refractivity contribution in [3.63, 3.8) is 0 Å². The molecule has 0 aliphatic rings. The standard InChI is InChI=1S/C15H17NO4S/c1-2-20-13-6-7-14(16)15(9-13)21(18,19)10-11-4-3-5-12(17)8-11/h3-9,17H,2,10,16H2,1H3. The molecule has 0 spiro atoms. The molecule has 0 saturated heterocycles. The quantitative estimate of drug-likeness (QED) is 0.828. The van der Waals surface area contributed by atoms with Gasteiger partial charge in [0, 0.05) is 6.07 Å². The van der Waals surface area contributed by atoms with Crippen molar-refractivity contribution in [3.05, 3.63) is 48.0 Å². The van der Waals surface area contributed by atoms with Crippen LogP contribution in [0.15, 0.2) is 47.4 Å². The van der Waals surface area contributed by atoms with Crippen LogP contribution < -0.4 is 10.5 Å². The molecule has 21 heavy (non-hydrogen) atoms. The second kappa shape index (κ2) is 6.05. The predicted octanol–water partition coefficient (Wildman–Crippen LogP) is 2.35. The largest absolute Gasteiger partial charge is 0.508 e. The second-order valence-electron chi connectivity index (χ2n) is 4.56. The molecule has 112 valence electrons. The molecule has 6 heteroatoms. The van der Waals surface area contributed by atoms with Crippen molar-refractivity contribution in [1.82, 2.24) is 0 Å². The molecule has 0 unspecified atom stereocenters. The minimum Gasteiger partial charge on any atom is -0.508 e. The zero-order chi connectivity index (χ0) is 15.5. The summed E-state index contributed by atoms with van der Waals surface area (Å²) in [7, 11) is -3.62. The van der Waals surface area contributed by atoms with Crippen LogP contribution in [0.5, 0.6) is 11.5 Å². The molecule has 0 fully saturated rings. The average molecular weight is 307 g/mol. The zero-order valence-electron chi connectivity index (χ0n) is 11.6. The number of phenolic OH excluding ortho intramolecular Hbond substituents is 1. The first kappa shape index (κ1) is 15.2. The second-order valence-corrected chi connectivity index (χ2v) is 6.52. The maximum Gasteiger partial charge on any atom is 0.184 e. The number of ether oxygens (including phenoxy) is 1. The zero-order valence-corrected chi connectivity index (χ0v) is 12.4. The summed E-state index contributed by atoms with van der Waals surface area (Å²) < 4.78 is 30.3. The number of hydrogen-bond acceptors (Lipinski definition) is 5. The van der Waals surface area contributed by atoms with Gasteiger partial charge in [-0.2, -0.15) is 0 Å². The highest BCUT2D eigenvalue weighted by molar-refractivity contribution is 7.90. The molecule has 0 aliphatic heterocycles. The van der Waals surface area contributed by atoms with Gasteiger partial charge >= 0.3 is 0 Å². The summed E-state index contributed by atoms with van der Waals surface area (Å²) in [6.45, 7) is 2.26. The van der Waals surface area contributed by atoms with E-state index in [1.165, 1.54) is 24.3 Å². The third-order valence-corrected chi connectivity index (χ3v) is 4.64. The molecule has 2 aromatic carbocycles. The van der Waals surface area contributed by atoms with Gasteiger partial charge < -0.3 is 15.6 Å². The number of anilines is 1. The van der Waals surface area contributed by atoms with E-state index in [2.05, 4.69) is 0 Å². The van der Waals surface area contributed by atoms with E-state index in [1.54, 1.807) is 18.2 Å². The van der Waals surface area contributed by atoms with Gasteiger partial charge in [-0.3, -0.25) is 0 Å². The lowest BCUT2D eigenvalue weighted by Crippen LogP contribution is -2.08. The molecule has 0 atom stereocenters. The van der Waals surface area contributed by atoms with E-state index in [9.17, 15) is 13.5 Å². The maximum atomic E-state index is 12.5. The summed E-state index contributed by atoms with van der Waals surface area (Å²) in [5.41, 5.74) is 6.45. The number of benzene rings is 2. The molecule has 2 aromatic rings. The van der Waals surface area contributed by atoms with Crippen molar-refractivity contribution in [3.8, 4) is 11.5 Å². The Bertz CT molecular complexity index is 741. The number of phenols is 1. The number of rotatable bonds is 5. The topological polar surface area (TPSA) is 89.6 Å². The molecule has 0 amide bonds. The summed E-state index contributed by atoms with van der Waals surface area (Å²) in [5.74, 6) is 0.251. The molecule has 0 bridgehead atoms. The van der Waals surface area contributed by atoms with E-state index in [0.29, 0.717) is 17.9 Å². The van der Waals surface area contributed by atoms with Crippen molar-refractivity contribution in [1.29, 1.82) is 0 Å². The highest BCUT2D eigenvalue weighted by Crippen LogP contribution is 2.27. The molecule has 0 heterocycles. The molecule has 5 nitrogen and oxygen atoms in total. The summed E-state index contributed by atoms with van der Waals surface area (Å²) in [4.78, 5) is 0.0387. The number of sulfone groups is 1. The van der Waals surface area contributed by atoms with Crippen LogP contribution in [0.2, 0.25) is 0 Å². The normalized spacial score (nSPS) is 11.3. The van der Waals surface area contributed by atoms with Gasteiger partial charge in [-0.25, -0.2) is 8.42 Å². The minimum absolute atomic E-state index is 0.0266. The van der Waals surface area contributed by atoms with Gasteiger partial charge in [0.25, 0.3) is 0 Å². The first-order valence-corrected chi connectivity index (χ1v) is 8.10. The predicted molar refractivity (Wildman–Crippen MR) is 81.0 cm³/mol. The average Bonchev–Trinajstić information content (AvgIpc) is 2.40. The van der Waals surface area contributed by atoms with Gasteiger partial charge in [0.2, 0.25) is 0 Å². The third kappa shape index (κ3) is 3.66. The molecule has 0 radical (unpaired) electrons. The molecular formula is C15H17NO4S. The van der Waals surface area contributed by atoms with Crippen LogP contribution in [0.1, 0.15) is 12.5 Å². The Morgan fingerprint density at radius 1 is 1.19 bits per heavy atom. The lowest BCUT2D eigenvalue weighted by atomic mass is 10.2. The van der Waals surface area contributed by atoms with Crippen LogP contribution in [0.25, 0.3) is 0 Å². The van der Waals surface area contributed by atoms with Gasteiger partial charge in [0.05, 0.1) is 22.9 Å². The van der Waals surface area contributed by atoms with Crippen LogP contribution >= 0.6 is 0 Å².